The highest BCUT2D eigenvalue weighted by molar-refractivity contribution is 5.82. The molecule has 0 saturated heterocycles. The SMILES string of the molecule is CCC(C)(C)CC(CO)(C(N)=O)C(C)(C)CC. The topological polar surface area (TPSA) is 63.3 Å². The smallest absolute Gasteiger partial charge is 0.226 e. The van der Waals surface area contributed by atoms with Crippen LogP contribution in [0.2, 0.25) is 0 Å². The fraction of sp³-hybridized carbons (Fsp3) is 0.929. The third-order valence-corrected chi connectivity index (χ3v) is 4.66. The van der Waals surface area contributed by atoms with Gasteiger partial charge in [0.25, 0.3) is 0 Å². The average molecular weight is 243 g/mol. The van der Waals surface area contributed by atoms with Crippen LogP contribution in [-0.2, 0) is 4.79 Å². The van der Waals surface area contributed by atoms with Crippen molar-refractivity contribution in [3.8, 4) is 0 Å². The number of carbonyl (C=O) groups excluding carboxylic acids is 1. The zero-order chi connectivity index (χ0) is 13.9. The molecule has 1 amide bonds. The van der Waals surface area contributed by atoms with Gasteiger partial charge in [0, 0.05) is 0 Å². The minimum Gasteiger partial charge on any atom is -0.395 e. The average Bonchev–Trinajstić information content (AvgIpc) is 2.25. The molecule has 102 valence electrons. The summed E-state index contributed by atoms with van der Waals surface area (Å²) in [6, 6.07) is 0. The zero-order valence-corrected chi connectivity index (χ0v) is 12.3. The van der Waals surface area contributed by atoms with Crippen LogP contribution in [0.4, 0.5) is 0 Å². The number of aliphatic hydroxyl groups excluding tert-OH is 1. The van der Waals surface area contributed by atoms with E-state index in [1.165, 1.54) is 0 Å². The number of carbonyl (C=O) groups is 1. The summed E-state index contributed by atoms with van der Waals surface area (Å²) in [6.07, 6.45) is 2.40. The van der Waals surface area contributed by atoms with Gasteiger partial charge in [0.15, 0.2) is 0 Å². The highest BCUT2D eigenvalue weighted by Crippen LogP contribution is 2.49. The first kappa shape index (κ1) is 16.4. The first-order valence-corrected chi connectivity index (χ1v) is 6.49. The second kappa shape index (κ2) is 5.38. The first-order valence-electron chi connectivity index (χ1n) is 6.49. The van der Waals surface area contributed by atoms with Gasteiger partial charge in [-0.05, 0) is 23.7 Å². The van der Waals surface area contributed by atoms with E-state index < -0.39 is 5.41 Å². The fourth-order valence-corrected chi connectivity index (χ4v) is 2.29. The maximum atomic E-state index is 11.9. The summed E-state index contributed by atoms with van der Waals surface area (Å²) in [5.74, 6) is -0.381. The van der Waals surface area contributed by atoms with Crippen LogP contribution in [0.15, 0.2) is 0 Å². The van der Waals surface area contributed by atoms with Crippen molar-refractivity contribution < 1.29 is 9.90 Å². The summed E-state index contributed by atoms with van der Waals surface area (Å²) < 4.78 is 0. The first-order chi connectivity index (χ1) is 7.58. The van der Waals surface area contributed by atoms with E-state index in [0.29, 0.717) is 6.42 Å². The van der Waals surface area contributed by atoms with Crippen LogP contribution >= 0.6 is 0 Å². The second-order valence-electron chi connectivity index (χ2n) is 6.54. The fourth-order valence-electron chi connectivity index (χ4n) is 2.29. The monoisotopic (exact) mass is 243 g/mol. The van der Waals surface area contributed by atoms with Gasteiger partial charge in [-0.25, -0.2) is 0 Å². The van der Waals surface area contributed by atoms with Crippen molar-refractivity contribution >= 4 is 5.91 Å². The Bertz CT molecular complexity index is 271. The summed E-state index contributed by atoms with van der Waals surface area (Å²) in [4.78, 5) is 11.9. The van der Waals surface area contributed by atoms with E-state index in [2.05, 4.69) is 20.8 Å². The van der Waals surface area contributed by atoms with E-state index in [4.69, 9.17) is 5.73 Å². The van der Waals surface area contributed by atoms with E-state index in [-0.39, 0.29) is 23.3 Å². The number of amides is 1. The molecule has 0 aromatic rings. The maximum Gasteiger partial charge on any atom is 0.226 e. The molecule has 0 aromatic heterocycles. The van der Waals surface area contributed by atoms with Gasteiger partial charge in [-0.2, -0.15) is 0 Å². The number of rotatable bonds is 7. The quantitative estimate of drug-likeness (QED) is 0.722. The number of hydrogen-bond donors (Lipinski definition) is 2. The van der Waals surface area contributed by atoms with Crippen molar-refractivity contribution in [2.45, 2.75) is 60.8 Å². The van der Waals surface area contributed by atoms with Crippen molar-refractivity contribution in [2.24, 2.45) is 22.0 Å². The molecule has 0 spiro atoms. The lowest BCUT2D eigenvalue weighted by molar-refractivity contribution is -0.143. The molecule has 0 radical (unpaired) electrons. The summed E-state index contributed by atoms with van der Waals surface area (Å²) in [5.41, 5.74) is 4.49. The van der Waals surface area contributed by atoms with Crippen LogP contribution in [0.3, 0.4) is 0 Å². The van der Waals surface area contributed by atoms with Crippen molar-refractivity contribution in [1.29, 1.82) is 0 Å². The third-order valence-electron chi connectivity index (χ3n) is 4.66. The van der Waals surface area contributed by atoms with Crippen molar-refractivity contribution in [2.75, 3.05) is 6.61 Å². The minimum atomic E-state index is -0.832. The maximum absolute atomic E-state index is 11.9. The van der Waals surface area contributed by atoms with E-state index in [0.717, 1.165) is 12.8 Å². The molecule has 0 aliphatic carbocycles. The van der Waals surface area contributed by atoms with E-state index >= 15 is 0 Å². The van der Waals surface area contributed by atoms with Gasteiger partial charge < -0.3 is 10.8 Å². The molecule has 0 saturated carbocycles. The molecule has 0 aliphatic heterocycles. The normalized spacial score (nSPS) is 16.6. The summed E-state index contributed by atoms with van der Waals surface area (Å²) in [7, 11) is 0. The van der Waals surface area contributed by atoms with E-state index in [1.807, 2.05) is 20.8 Å². The molecule has 0 rings (SSSR count). The Morgan fingerprint density at radius 2 is 1.59 bits per heavy atom. The molecule has 1 atom stereocenters. The van der Waals surface area contributed by atoms with Crippen molar-refractivity contribution in [1.82, 2.24) is 0 Å². The molecule has 0 heterocycles. The molecule has 0 bridgehead atoms. The van der Waals surface area contributed by atoms with Gasteiger partial charge in [-0.15, -0.1) is 0 Å². The molecular weight excluding hydrogens is 214 g/mol. The molecule has 1 unspecified atom stereocenters. The van der Waals surface area contributed by atoms with Crippen LogP contribution in [0.25, 0.3) is 0 Å². The molecule has 0 fully saturated rings. The second-order valence-corrected chi connectivity index (χ2v) is 6.54. The van der Waals surface area contributed by atoms with E-state index in [9.17, 15) is 9.90 Å². The molecule has 0 aromatic carbocycles. The van der Waals surface area contributed by atoms with Gasteiger partial charge in [-0.3, -0.25) is 4.79 Å². The molecule has 3 nitrogen and oxygen atoms in total. The molecule has 3 heteroatoms. The van der Waals surface area contributed by atoms with Crippen LogP contribution < -0.4 is 5.73 Å². The van der Waals surface area contributed by atoms with Crippen LogP contribution in [-0.4, -0.2) is 17.6 Å². The zero-order valence-electron chi connectivity index (χ0n) is 12.3. The lowest BCUT2D eigenvalue weighted by Crippen LogP contribution is -2.52. The lowest BCUT2D eigenvalue weighted by atomic mass is 9.57. The molecular formula is C14H29NO2. The van der Waals surface area contributed by atoms with Gasteiger partial charge in [0.1, 0.15) is 0 Å². The van der Waals surface area contributed by atoms with Crippen molar-refractivity contribution in [3.63, 3.8) is 0 Å². The number of nitrogens with two attached hydrogens (primary N) is 1. The third kappa shape index (κ3) is 3.21. The minimum absolute atomic E-state index is 0.00417. The highest BCUT2D eigenvalue weighted by Gasteiger charge is 2.50. The highest BCUT2D eigenvalue weighted by atomic mass is 16.3. The standard InChI is InChI=1S/C14H29NO2/c1-7-12(3,4)9-14(10-16,11(15)17)13(5,6)8-2/h16H,7-10H2,1-6H3,(H2,15,17). The Morgan fingerprint density at radius 3 is 1.82 bits per heavy atom. The van der Waals surface area contributed by atoms with Gasteiger partial charge in [0.2, 0.25) is 5.91 Å². The number of hydrogen-bond acceptors (Lipinski definition) is 2. The Morgan fingerprint density at radius 1 is 1.12 bits per heavy atom. The summed E-state index contributed by atoms with van der Waals surface area (Å²) in [6.45, 7) is 12.2. The van der Waals surface area contributed by atoms with Gasteiger partial charge >= 0.3 is 0 Å². The number of aliphatic hydroxyl groups is 1. The molecule has 0 aliphatic rings. The molecule has 17 heavy (non-hydrogen) atoms. The summed E-state index contributed by atoms with van der Waals surface area (Å²) >= 11 is 0. The predicted octanol–water partition coefficient (Wildman–Crippen LogP) is 2.71. The van der Waals surface area contributed by atoms with Crippen LogP contribution in [0.5, 0.6) is 0 Å². The Hall–Kier alpha value is -0.570. The molecule has 3 N–H and O–H groups in total. The summed E-state index contributed by atoms with van der Waals surface area (Å²) in [5, 5.41) is 9.77. The Balaban J connectivity index is 5.47. The predicted molar refractivity (Wildman–Crippen MR) is 71.5 cm³/mol. The van der Waals surface area contributed by atoms with Gasteiger partial charge in [0.05, 0.1) is 12.0 Å². The lowest BCUT2D eigenvalue weighted by Gasteiger charge is -2.46. The van der Waals surface area contributed by atoms with Crippen LogP contribution in [0.1, 0.15) is 60.8 Å². The largest absolute Gasteiger partial charge is 0.395 e. The number of primary amides is 1. The Kier molecular flexibility index (Phi) is 5.20. The van der Waals surface area contributed by atoms with E-state index in [1.54, 1.807) is 0 Å². The van der Waals surface area contributed by atoms with Gasteiger partial charge in [-0.1, -0.05) is 48.0 Å². The Labute approximate surface area is 106 Å². The van der Waals surface area contributed by atoms with Crippen molar-refractivity contribution in [3.05, 3.63) is 0 Å². The van der Waals surface area contributed by atoms with Crippen LogP contribution in [0, 0.1) is 16.2 Å².